The van der Waals surface area contributed by atoms with E-state index in [4.69, 9.17) is 5.26 Å². The number of hydrogen-bond donors (Lipinski definition) is 0. The SMILES string of the molecule is CC(C#N)N1CCN=C1Cc1ccccc1. The molecule has 16 heavy (non-hydrogen) atoms. The van der Waals surface area contributed by atoms with E-state index in [0.717, 1.165) is 25.3 Å². The first-order valence-corrected chi connectivity index (χ1v) is 5.55. The average Bonchev–Trinajstić information content (AvgIpc) is 2.77. The van der Waals surface area contributed by atoms with Crippen molar-refractivity contribution in [3.63, 3.8) is 0 Å². The zero-order valence-electron chi connectivity index (χ0n) is 9.43. The third kappa shape index (κ3) is 2.22. The molecule has 0 spiro atoms. The molecule has 1 aliphatic rings. The molecule has 0 N–H and O–H groups in total. The molecule has 0 saturated heterocycles. The van der Waals surface area contributed by atoms with Crippen molar-refractivity contribution in [2.24, 2.45) is 4.99 Å². The normalized spacial score (nSPS) is 16.8. The molecule has 1 unspecified atom stereocenters. The molecule has 82 valence electrons. The summed E-state index contributed by atoms with van der Waals surface area (Å²) < 4.78 is 0. The van der Waals surface area contributed by atoms with Gasteiger partial charge in [0.2, 0.25) is 0 Å². The topological polar surface area (TPSA) is 39.4 Å². The smallest absolute Gasteiger partial charge is 0.115 e. The summed E-state index contributed by atoms with van der Waals surface area (Å²) in [5, 5.41) is 8.93. The number of nitriles is 1. The van der Waals surface area contributed by atoms with E-state index in [1.165, 1.54) is 5.56 Å². The molecule has 3 nitrogen and oxygen atoms in total. The molecule has 1 aromatic carbocycles. The van der Waals surface area contributed by atoms with Crippen molar-refractivity contribution in [1.82, 2.24) is 4.90 Å². The number of amidine groups is 1. The van der Waals surface area contributed by atoms with Gasteiger partial charge in [0, 0.05) is 13.0 Å². The van der Waals surface area contributed by atoms with Crippen LogP contribution in [0.15, 0.2) is 35.3 Å². The standard InChI is InChI=1S/C13H15N3/c1-11(10-14)16-8-7-15-13(16)9-12-5-3-2-4-6-12/h2-6,11H,7-9H2,1H3. The molecular formula is C13H15N3. The van der Waals surface area contributed by atoms with E-state index >= 15 is 0 Å². The van der Waals surface area contributed by atoms with E-state index in [1.807, 2.05) is 25.1 Å². The van der Waals surface area contributed by atoms with E-state index < -0.39 is 0 Å². The Balaban J connectivity index is 2.08. The van der Waals surface area contributed by atoms with E-state index in [9.17, 15) is 0 Å². The lowest BCUT2D eigenvalue weighted by Crippen LogP contribution is -2.36. The Bertz CT molecular complexity index is 417. The van der Waals surface area contributed by atoms with E-state index in [2.05, 4.69) is 28.1 Å². The van der Waals surface area contributed by atoms with Gasteiger partial charge in [0.05, 0.1) is 12.6 Å². The second kappa shape index (κ2) is 4.80. The van der Waals surface area contributed by atoms with Crippen LogP contribution in [0.25, 0.3) is 0 Å². The number of rotatable bonds is 3. The Morgan fingerprint density at radius 3 is 2.88 bits per heavy atom. The molecule has 0 aromatic heterocycles. The largest absolute Gasteiger partial charge is 0.342 e. The third-order valence-electron chi connectivity index (χ3n) is 2.83. The van der Waals surface area contributed by atoms with Gasteiger partial charge in [-0.2, -0.15) is 5.26 Å². The lowest BCUT2D eigenvalue weighted by atomic mass is 10.1. The summed E-state index contributed by atoms with van der Waals surface area (Å²) in [7, 11) is 0. The fourth-order valence-electron chi connectivity index (χ4n) is 1.93. The summed E-state index contributed by atoms with van der Waals surface area (Å²) in [5.41, 5.74) is 1.25. The minimum atomic E-state index is -0.0787. The maximum Gasteiger partial charge on any atom is 0.115 e. The second-order valence-electron chi connectivity index (χ2n) is 3.96. The lowest BCUT2D eigenvalue weighted by Gasteiger charge is -2.22. The molecular weight excluding hydrogens is 198 g/mol. The van der Waals surface area contributed by atoms with Crippen molar-refractivity contribution in [1.29, 1.82) is 5.26 Å². The molecule has 0 amide bonds. The van der Waals surface area contributed by atoms with Gasteiger partial charge in [-0.1, -0.05) is 30.3 Å². The summed E-state index contributed by atoms with van der Waals surface area (Å²) in [5.74, 6) is 1.04. The molecule has 0 radical (unpaired) electrons. The highest BCUT2D eigenvalue weighted by molar-refractivity contribution is 5.86. The fraction of sp³-hybridized carbons (Fsp3) is 0.385. The quantitative estimate of drug-likeness (QED) is 0.768. The molecule has 0 bridgehead atoms. The first kappa shape index (κ1) is 10.7. The highest BCUT2D eigenvalue weighted by Gasteiger charge is 2.21. The van der Waals surface area contributed by atoms with Crippen molar-refractivity contribution in [3.8, 4) is 6.07 Å². The van der Waals surface area contributed by atoms with Gasteiger partial charge in [-0.3, -0.25) is 4.99 Å². The molecule has 3 heteroatoms. The van der Waals surface area contributed by atoms with Gasteiger partial charge in [-0.05, 0) is 12.5 Å². The fourth-order valence-corrected chi connectivity index (χ4v) is 1.93. The first-order chi connectivity index (χ1) is 7.81. The van der Waals surface area contributed by atoms with E-state index in [-0.39, 0.29) is 6.04 Å². The third-order valence-corrected chi connectivity index (χ3v) is 2.83. The van der Waals surface area contributed by atoms with Crippen LogP contribution in [0.1, 0.15) is 12.5 Å². The van der Waals surface area contributed by atoms with Crippen LogP contribution >= 0.6 is 0 Å². The molecule has 1 aliphatic heterocycles. The van der Waals surface area contributed by atoms with Crippen LogP contribution in [0.3, 0.4) is 0 Å². The summed E-state index contributed by atoms with van der Waals surface area (Å²) in [6, 6.07) is 12.4. The maximum atomic E-state index is 8.93. The molecule has 2 rings (SSSR count). The predicted molar refractivity (Wildman–Crippen MR) is 64.2 cm³/mol. The summed E-state index contributed by atoms with van der Waals surface area (Å²) in [6.07, 6.45) is 0.826. The highest BCUT2D eigenvalue weighted by Crippen LogP contribution is 2.11. The van der Waals surface area contributed by atoms with Crippen LogP contribution in [0.2, 0.25) is 0 Å². The molecule has 1 heterocycles. The van der Waals surface area contributed by atoms with Crippen molar-refractivity contribution in [3.05, 3.63) is 35.9 Å². The van der Waals surface area contributed by atoms with Crippen LogP contribution in [-0.4, -0.2) is 29.9 Å². The van der Waals surface area contributed by atoms with Crippen LogP contribution in [0.4, 0.5) is 0 Å². The van der Waals surface area contributed by atoms with Crippen LogP contribution in [-0.2, 0) is 6.42 Å². The van der Waals surface area contributed by atoms with Crippen LogP contribution in [0.5, 0.6) is 0 Å². The van der Waals surface area contributed by atoms with Crippen molar-refractivity contribution >= 4 is 5.84 Å². The van der Waals surface area contributed by atoms with Gasteiger partial charge in [0.25, 0.3) is 0 Å². The second-order valence-corrected chi connectivity index (χ2v) is 3.96. The number of aliphatic imine (C=N–C) groups is 1. The Labute approximate surface area is 96.0 Å². The van der Waals surface area contributed by atoms with E-state index in [1.54, 1.807) is 0 Å². The molecule has 0 aliphatic carbocycles. The van der Waals surface area contributed by atoms with Crippen LogP contribution in [0, 0.1) is 11.3 Å². The molecule has 0 fully saturated rings. The average molecular weight is 213 g/mol. The zero-order valence-corrected chi connectivity index (χ0v) is 9.43. The Morgan fingerprint density at radius 1 is 1.44 bits per heavy atom. The summed E-state index contributed by atoms with van der Waals surface area (Å²) in [4.78, 5) is 6.56. The molecule has 0 saturated carbocycles. The number of hydrogen-bond acceptors (Lipinski definition) is 3. The van der Waals surface area contributed by atoms with Gasteiger partial charge in [0.15, 0.2) is 0 Å². The number of benzene rings is 1. The van der Waals surface area contributed by atoms with Crippen molar-refractivity contribution < 1.29 is 0 Å². The molecule has 1 aromatic rings. The number of nitrogens with zero attached hydrogens (tertiary/aromatic N) is 3. The van der Waals surface area contributed by atoms with Gasteiger partial charge in [0.1, 0.15) is 11.9 Å². The van der Waals surface area contributed by atoms with E-state index in [0.29, 0.717) is 0 Å². The summed E-state index contributed by atoms with van der Waals surface area (Å²) in [6.45, 7) is 3.61. The van der Waals surface area contributed by atoms with Crippen LogP contribution < -0.4 is 0 Å². The maximum absolute atomic E-state index is 8.93. The van der Waals surface area contributed by atoms with Crippen molar-refractivity contribution in [2.45, 2.75) is 19.4 Å². The zero-order chi connectivity index (χ0) is 11.4. The minimum Gasteiger partial charge on any atom is -0.342 e. The monoisotopic (exact) mass is 213 g/mol. The van der Waals surface area contributed by atoms with Gasteiger partial charge >= 0.3 is 0 Å². The Kier molecular flexibility index (Phi) is 3.21. The van der Waals surface area contributed by atoms with Crippen molar-refractivity contribution in [2.75, 3.05) is 13.1 Å². The highest BCUT2D eigenvalue weighted by atomic mass is 15.3. The van der Waals surface area contributed by atoms with Gasteiger partial charge < -0.3 is 4.90 Å². The molecule has 1 atom stereocenters. The van der Waals surface area contributed by atoms with Gasteiger partial charge in [-0.15, -0.1) is 0 Å². The Morgan fingerprint density at radius 2 is 2.19 bits per heavy atom. The minimum absolute atomic E-state index is 0.0787. The predicted octanol–water partition coefficient (Wildman–Crippen LogP) is 1.86. The van der Waals surface area contributed by atoms with Gasteiger partial charge in [-0.25, -0.2) is 0 Å². The first-order valence-electron chi connectivity index (χ1n) is 5.55. The Hall–Kier alpha value is -1.82. The summed E-state index contributed by atoms with van der Waals surface area (Å²) >= 11 is 0. The lowest BCUT2D eigenvalue weighted by molar-refractivity contribution is 0.413.